The zero-order chi connectivity index (χ0) is 25.4. The number of aromatic nitrogens is 1. The maximum atomic E-state index is 12.2. The second kappa shape index (κ2) is 12.1. The Morgan fingerprint density at radius 1 is 1.14 bits per heavy atom. The Morgan fingerprint density at radius 3 is 2.49 bits per heavy atom. The molecule has 4 N–H and O–H groups in total. The van der Waals surface area contributed by atoms with E-state index in [1.807, 2.05) is 48.9 Å². The van der Waals surface area contributed by atoms with Gasteiger partial charge in [0.2, 0.25) is 0 Å². The fourth-order valence-corrected chi connectivity index (χ4v) is 4.20. The maximum Gasteiger partial charge on any atom is 0.407 e. The fraction of sp³-hybridized carbons (Fsp3) is 0.385. The largest absolute Gasteiger partial charge is 0.490 e. The van der Waals surface area contributed by atoms with Gasteiger partial charge in [-0.05, 0) is 62.6 Å². The van der Waals surface area contributed by atoms with E-state index >= 15 is 0 Å². The molecule has 0 radical (unpaired) electrons. The van der Waals surface area contributed by atoms with Gasteiger partial charge in [-0.15, -0.1) is 0 Å². The van der Waals surface area contributed by atoms with Gasteiger partial charge < -0.3 is 34.9 Å². The second-order valence-corrected chi connectivity index (χ2v) is 8.29. The van der Waals surface area contributed by atoms with E-state index in [9.17, 15) is 14.7 Å². The lowest BCUT2D eigenvalue weighted by Crippen LogP contribution is -2.41. The summed E-state index contributed by atoms with van der Waals surface area (Å²) in [5.41, 5.74) is 7.58. The zero-order valence-electron chi connectivity index (χ0n) is 20.1. The average molecular weight is 484 g/mol. The Hall–Kier alpha value is -3.72. The molecule has 0 saturated carbocycles. The summed E-state index contributed by atoms with van der Waals surface area (Å²) in [6.45, 7) is 5.15. The van der Waals surface area contributed by atoms with Crippen LogP contribution in [0.5, 0.6) is 11.5 Å². The van der Waals surface area contributed by atoms with Crippen LogP contribution in [0.4, 0.5) is 4.79 Å². The molecule has 0 bridgehead atoms. The van der Waals surface area contributed by atoms with Gasteiger partial charge in [-0.25, -0.2) is 4.79 Å². The Morgan fingerprint density at radius 2 is 1.86 bits per heavy atom. The first kappa shape index (κ1) is 25.9. The smallest absolute Gasteiger partial charge is 0.407 e. The molecule has 2 amide bonds. The summed E-state index contributed by atoms with van der Waals surface area (Å²) in [6, 6.07) is 12.5. The van der Waals surface area contributed by atoms with Gasteiger partial charge in [0.25, 0.3) is 5.91 Å². The molecule has 0 saturated heterocycles. The topological polar surface area (TPSA) is 127 Å². The van der Waals surface area contributed by atoms with Crippen LogP contribution < -0.4 is 15.2 Å². The Labute approximate surface area is 204 Å². The molecule has 2 aromatic carbocycles. The number of hydrogen-bond donors (Lipinski definition) is 3. The van der Waals surface area contributed by atoms with Crippen LogP contribution in [-0.2, 0) is 13.0 Å². The Kier molecular flexibility index (Phi) is 8.97. The van der Waals surface area contributed by atoms with Crippen LogP contribution in [0.15, 0.2) is 48.7 Å². The first-order valence-corrected chi connectivity index (χ1v) is 11.7. The number of rotatable bonds is 13. The molecule has 9 nitrogen and oxygen atoms in total. The van der Waals surface area contributed by atoms with Crippen molar-refractivity contribution in [3.05, 3.63) is 59.8 Å². The molecule has 3 aromatic rings. The molecular weight excluding hydrogens is 450 g/mol. The minimum Gasteiger partial charge on any atom is -0.490 e. The van der Waals surface area contributed by atoms with E-state index in [0.29, 0.717) is 43.1 Å². The normalized spacial score (nSPS) is 11.9. The monoisotopic (exact) mass is 483 g/mol. The van der Waals surface area contributed by atoms with Crippen molar-refractivity contribution in [1.29, 1.82) is 0 Å². The van der Waals surface area contributed by atoms with E-state index in [4.69, 9.17) is 20.3 Å². The molecule has 1 aromatic heterocycles. The number of ether oxygens (including phenoxy) is 2. The quantitative estimate of drug-likeness (QED) is 0.341. The third-order valence-electron chi connectivity index (χ3n) is 5.79. The maximum absolute atomic E-state index is 12.2. The average Bonchev–Trinajstić information content (AvgIpc) is 3.23. The number of para-hydroxylation sites is 2. The van der Waals surface area contributed by atoms with Crippen molar-refractivity contribution in [3.63, 3.8) is 0 Å². The number of aliphatic hydroxyl groups excluding tert-OH is 1. The molecule has 0 aliphatic rings. The molecule has 1 heterocycles. The molecule has 0 spiro atoms. The highest BCUT2D eigenvalue weighted by Gasteiger charge is 2.21. The summed E-state index contributed by atoms with van der Waals surface area (Å²) in [5, 5.41) is 19.8. The number of aliphatic hydroxyl groups is 1. The zero-order valence-corrected chi connectivity index (χ0v) is 20.1. The minimum atomic E-state index is -1.05. The highest BCUT2D eigenvalue weighted by Crippen LogP contribution is 2.27. The lowest BCUT2D eigenvalue weighted by Gasteiger charge is -2.27. The standard InChI is InChI=1S/C26H33N3O6/c1-3-34-22-7-4-5-8-23(22)35-14-12-29(26(32)33)18(2)15-19-16-20-9-11-28(10-6-13-30)24(20)21(17-19)25(27)31/h4-5,7-9,11,16-18,30H,3,6,10,12-15H2,1-2H3,(H2,27,31)(H,32,33). The highest BCUT2D eigenvalue weighted by atomic mass is 16.5. The molecule has 9 heteroatoms. The molecular formula is C26H33N3O6. The molecule has 3 rings (SSSR count). The van der Waals surface area contributed by atoms with Crippen molar-refractivity contribution in [2.75, 3.05) is 26.4 Å². The van der Waals surface area contributed by atoms with Gasteiger partial charge >= 0.3 is 6.09 Å². The van der Waals surface area contributed by atoms with Gasteiger partial charge in [0.15, 0.2) is 11.5 Å². The van der Waals surface area contributed by atoms with Gasteiger partial charge in [-0.3, -0.25) is 4.79 Å². The SMILES string of the molecule is CCOc1ccccc1OCCN(C(=O)O)C(C)Cc1cc(C(N)=O)c2c(ccn2CCCO)c1. The fourth-order valence-electron chi connectivity index (χ4n) is 4.20. The van der Waals surface area contributed by atoms with E-state index in [1.54, 1.807) is 18.2 Å². The van der Waals surface area contributed by atoms with Crippen LogP contribution in [0, 0.1) is 0 Å². The van der Waals surface area contributed by atoms with Crippen molar-refractivity contribution in [2.45, 2.75) is 39.3 Å². The van der Waals surface area contributed by atoms with Crippen molar-refractivity contribution >= 4 is 22.9 Å². The Bertz CT molecular complexity index is 1160. The van der Waals surface area contributed by atoms with E-state index in [-0.39, 0.29) is 25.8 Å². The van der Waals surface area contributed by atoms with Gasteiger partial charge in [0, 0.05) is 30.8 Å². The first-order valence-electron chi connectivity index (χ1n) is 11.7. The molecule has 0 fully saturated rings. The van der Waals surface area contributed by atoms with Crippen LogP contribution in [-0.4, -0.2) is 64.1 Å². The van der Waals surface area contributed by atoms with Crippen molar-refractivity contribution < 1.29 is 29.3 Å². The molecule has 1 unspecified atom stereocenters. The number of carbonyl (C=O) groups excluding carboxylic acids is 1. The van der Waals surface area contributed by atoms with Crippen molar-refractivity contribution in [3.8, 4) is 11.5 Å². The van der Waals surface area contributed by atoms with Gasteiger partial charge in [-0.2, -0.15) is 0 Å². The summed E-state index contributed by atoms with van der Waals surface area (Å²) in [7, 11) is 0. The highest BCUT2D eigenvalue weighted by molar-refractivity contribution is 6.05. The number of nitrogens with zero attached hydrogens (tertiary/aromatic N) is 2. The van der Waals surface area contributed by atoms with E-state index in [2.05, 4.69) is 0 Å². The van der Waals surface area contributed by atoms with Crippen LogP contribution in [0.25, 0.3) is 10.9 Å². The molecule has 35 heavy (non-hydrogen) atoms. The number of fused-ring (bicyclic) bond motifs is 1. The third kappa shape index (κ3) is 6.45. The lowest BCUT2D eigenvalue weighted by atomic mass is 10.0. The predicted octanol–water partition coefficient (Wildman–Crippen LogP) is 3.51. The summed E-state index contributed by atoms with van der Waals surface area (Å²) < 4.78 is 13.3. The lowest BCUT2D eigenvalue weighted by molar-refractivity contribution is 0.100. The first-order chi connectivity index (χ1) is 16.8. The number of aryl methyl sites for hydroxylation is 1. The van der Waals surface area contributed by atoms with E-state index in [1.165, 1.54) is 4.90 Å². The number of carboxylic acid groups (broad SMARTS) is 1. The number of primary amides is 1. The summed E-state index contributed by atoms with van der Waals surface area (Å²) in [4.78, 5) is 25.5. The number of hydrogen-bond acceptors (Lipinski definition) is 5. The number of amides is 2. The molecule has 188 valence electrons. The van der Waals surface area contributed by atoms with Gasteiger partial charge in [0.1, 0.15) is 6.61 Å². The van der Waals surface area contributed by atoms with E-state index in [0.717, 1.165) is 16.5 Å². The third-order valence-corrected chi connectivity index (χ3v) is 5.79. The predicted molar refractivity (Wildman–Crippen MR) is 133 cm³/mol. The Balaban J connectivity index is 1.73. The van der Waals surface area contributed by atoms with Crippen LogP contribution in [0.3, 0.4) is 0 Å². The minimum absolute atomic E-state index is 0.0487. The molecule has 0 aliphatic carbocycles. The van der Waals surface area contributed by atoms with Gasteiger partial charge in [0.05, 0.1) is 24.2 Å². The number of benzene rings is 2. The number of nitrogens with two attached hydrogens (primary N) is 1. The summed E-state index contributed by atoms with van der Waals surface area (Å²) >= 11 is 0. The van der Waals surface area contributed by atoms with Crippen LogP contribution in [0.2, 0.25) is 0 Å². The second-order valence-electron chi connectivity index (χ2n) is 8.29. The molecule has 1 atom stereocenters. The van der Waals surface area contributed by atoms with Crippen molar-refractivity contribution in [2.24, 2.45) is 5.73 Å². The van der Waals surface area contributed by atoms with Gasteiger partial charge in [-0.1, -0.05) is 12.1 Å². The van der Waals surface area contributed by atoms with Crippen molar-refractivity contribution in [1.82, 2.24) is 9.47 Å². The van der Waals surface area contributed by atoms with Crippen LogP contribution in [0.1, 0.15) is 36.2 Å². The summed E-state index contributed by atoms with van der Waals surface area (Å²) in [5.74, 6) is 0.627. The van der Waals surface area contributed by atoms with E-state index < -0.39 is 12.0 Å². The summed E-state index contributed by atoms with van der Waals surface area (Å²) in [6.07, 6.45) is 1.78. The van der Waals surface area contributed by atoms with Crippen LogP contribution >= 0.6 is 0 Å². The molecule has 0 aliphatic heterocycles. The number of carbonyl (C=O) groups is 2.